The number of rotatable bonds is 12. The first-order chi connectivity index (χ1) is 8.52. The van der Waals surface area contributed by atoms with Crippen molar-refractivity contribution in [2.75, 3.05) is 6.61 Å². The van der Waals surface area contributed by atoms with Crippen LogP contribution in [0.2, 0.25) is 19.1 Å². The van der Waals surface area contributed by atoms with Gasteiger partial charge in [-0.1, -0.05) is 52.4 Å². The van der Waals surface area contributed by atoms with Crippen molar-refractivity contribution in [2.45, 2.75) is 90.5 Å². The lowest BCUT2D eigenvalue weighted by atomic mass is 10.1. The molecule has 0 heterocycles. The van der Waals surface area contributed by atoms with Crippen LogP contribution in [0.15, 0.2) is 0 Å². The molecule has 0 amide bonds. The molecule has 1 atom stereocenters. The fourth-order valence-corrected chi connectivity index (χ4v) is 4.12. The van der Waals surface area contributed by atoms with E-state index < -0.39 is 8.32 Å². The summed E-state index contributed by atoms with van der Waals surface area (Å²) in [6.07, 6.45) is 9.10. The Hall–Kier alpha value is 0.137. The van der Waals surface area contributed by atoms with Crippen LogP contribution >= 0.6 is 0 Å². The van der Waals surface area contributed by atoms with E-state index in [0.717, 1.165) is 25.9 Å². The molecule has 0 saturated heterocycles. The molecule has 0 aliphatic heterocycles. The molecule has 110 valence electrons. The first-order valence-electron chi connectivity index (χ1n) is 7.84. The molecule has 0 aromatic rings. The molecule has 1 N–H and O–H groups in total. The molecule has 0 radical (unpaired) electrons. The Morgan fingerprint density at radius 3 is 2.22 bits per heavy atom. The largest absolute Gasteiger partial charge is 0.417 e. The first kappa shape index (κ1) is 18.1. The van der Waals surface area contributed by atoms with Crippen LogP contribution in [0.3, 0.4) is 0 Å². The van der Waals surface area contributed by atoms with Crippen molar-refractivity contribution < 1.29 is 9.53 Å². The molecule has 18 heavy (non-hydrogen) atoms. The topological polar surface area (TPSA) is 29.5 Å². The molecule has 0 saturated carbocycles. The number of aliphatic hydroxyl groups excluding tert-OH is 1. The van der Waals surface area contributed by atoms with Crippen LogP contribution in [0, 0.1) is 0 Å². The normalized spacial score (nSPS) is 13.8. The number of aliphatic hydroxyl groups is 1. The smallest absolute Gasteiger partial charge is 0.186 e. The Labute approximate surface area is 115 Å². The van der Waals surface area contributed by atoms with Crippen LogP contribution in [-0.2, 0) is 4.43 Å². The van der Waals surface area contributed by atoms with Gasteiger partial charge in [-0.15, -0.1) is 0 Å². The number of hydrogen-bond acceptors (Lipinski definition) is 2. The van der Waals surface area contributed by atoms with Crippen LogP contribution in [0.25, 0.3) is 0 Å². The van der Waals surface area contributed by atoms with E-state index in [1.807, 2.05) is 0 Å². The molecule has 0 rings (SSSR count). The second kappa shape index (κ2) is 11.0. The summed E-state index contributed by atoms with van der Waals surface area (Å²) in [7, 11) is -1.45. The van der Waals surface area contributed by atoms with Crippen LogP contribution in [0.5, 0.6) is 0 Å². The highest BCUT2D eigenvalue weighted by Gasteiger charge is 2.21. The van der Waals surface area contributed by atoms with Gasteiger partial charge in [-0.2, -0.15) is 0 Å². The van der Waals surface area contributed by atoms with Crippen molar-refractivity contribution >= 4 is 8.32 Å². The minimum atomic E-state index is -1.45. The van der Waals surface area contributed by atoms with E-state index in [0.29, 0.717) is 0 Å². The quantitative estimate of drug-likeness (QED) is 0.412. The molecule has 0 aromatic heterocycles. The SMILES string of the molecule is CCCCCCC(O)CCO[Si](C)(C)CCCC. The predicted octanol–water partition coefficient (Wildman–Crippen LogP) is 4.73. The summed E-state index contributed by atoms with van der Waals surface area (Å²) in [6, 6.07) is 1.25. The minimum Gasteiger partial charge on any atom is -0.417 e. The van der Waals surface area contributed by atoms with Gasteiger partial charge in [0.05, 0.1) is 6.10 Å². The summed E-state index contributed by atoms with van der Waals surface area (Å²) in [5, 5.41) is 9.86. The predicted molar refractivity (Wildman–Crippen MR) is 82.5 cm³/mol. The maximum Gasteiger partial charge on any atom is 0.186 e. The third-order valence-electron chi connectivity index (χ3n) is 3.47. The second-order valence-corrected chi connectivity index (χ2v) is 10.3. The van der Waals surface area contributed by atoms with Crippen LogP contribution in [0.4, 0.5) is 0 Å². The highest BCUT2D eigenvalue weighted by Crippen LogP contribution is 2.16. The van der Waals surface area contributed by atoms with Gasteiger partial charge < -0.3 is 9.53 Å². The average Bonchev–Trinajstić information content (AvgIpc) is 2.32. The summed E-state index contributed by atoms with van der Waals surface area (Å²) in [5.41, 5.74) is 0. The standard InChI is InChI=1S/C15H34O2Si/c1-5-7-9-10-11-15(16)12-13-17-18(3,4)14-8-6-2/h15-16H,5-14H2,1-4H3. The Morgan fingerprint density at radius 1 is 0.944 bits per heavy atom. The molecule has 0 aliphatic rings. The van der Waals surface area contributed by atoms with E-state index in [1.54, 1.807) is 0 Å². The van der Waals surface area contributed by atoms with Gasteiger partial charge in [0.1, 0.15) is 0 Å². The zero-order valence-corrected chi connectivity index (χ0v) is 14.0. The molecule has 2 nitrogen and oxygen atoms in total. The van der Waals surface area contributed by atoms with Gasteiger partial charge in [0.15, 0.2) is 8.32 Å². The Bertz CT molecular complexity index is 183. The summed E-state index contributed by atoms with van der Waals surface area (Å²) < 4.78 is 6.01. The second-order valence-electron chi connectivity index (χ2n) is 6.00. The van der Waals surface area contributed by atoms with Crippen LogP contribution in [-0.4, -0.2) is 26.1 Å². The molecular weight excluding hydrogens is 240 g/mol. The maximum atomic E-state index is 9.86. The summed E-state index contributed by atoms with van der Waals surface area (Å²) in [4.78, 5) is 0. The minimum absolute atomic E-state index is 0.155. The molecular formula is C15H34O2Si. The van der Waals surface area contributed by atoms with Crippen molar-refractivity contribution in [3.05, 3.63) is 0 Å². The van der Waals surface area contributed by atoms with E-state index >= 15 is 0 Å². The summed E-state index contributed by atoms with van der Waals surface area (Å²) in [5.74, 6) is 0. The lowest BCUT2D eigenvalue weighted by molar-refractivity contribution is 0.126. The molecule has 0 spiro atoms. The molecule has 0 aromatic carbocycles. The monoisotopic (exact) mass is 274 g/mol. The van der Waals surface area contributed by atoms with Gasteiger partial charge in [-0.05, 0) is 32.0 Å². The van der Waals surface area contributed by atoms with E-state index in [2.05, 4.69) is 26.9 Å². The van der Waals surface area contributed by atoms with Gasteiger partial charge in [0.2, 0.25) is 0 Å². The maximum absolute atomic E-state index is 9.86. The van der Waals surface area contributed by atoms with Crippen LogP contribution < -0.4 is 0 Å². The fourth-order valence-electron chi connectivity index (χ4n) is 2.10. The number of hydrogen-bond donors (Lipinski definition) is 1. The van der Waals surface area contributed by atoms with Crippen LogP contribution in [0.1, 0.15) is 65.2 Å². The summed E-state index contributed by atoms with van der Waals surface area (Å²) in [6.45, 7) is 9.77. The first-order valence-corrected chi connectivity index (χ1v) is 11.0. The summed E-state index contributed by atoms with van der Waals surface area (Å²) >= 11 is 0. The Kier molecular flexibility index (Phi) is 11.1. The van der Waals surface area contributed by atoms with E-state index in [1.165, 1.54) is 38.1 Å². The molecule has 3 heteroatoms. The van der Waals surface area contributed by atoms with Gasteiger partial charge in [-0.25, -0.2) is 0 Å². The molecule has 0 aliphatic carbocycles. The van der Waals surface area contributed by atoms with E-state index in [4.69, 9.17) is 4.43 Å². The van der Waals surface area contributed by atoms with E-state index in [-0.39, 0.29) is 6.10 Å². The van der Waals surface area contributed by atoms with Crippen molar-refractivity contribution in [3.8, 4) is 0 Å². The highest BCUT2D eigenvalue weighted by atomic mass is 28.4. The molecule has 0 bridgehead atoms. The molecule has 1 unspecified atom stereocenters. The Morgan fingerprint density at radius 2 is 1.61 bits per heavy atom. The molecule has 0 fully saturated rings. The van der Waals surface area contributed by atoms with Crippen molar-refractivity contribution in [1.82, 2.24) is 0 Å². The lowest BCUT2D eigenvalue weighted by Gasteiger charge is -2.23. The van der Waals surface area contributed by atoms with E-state index in [9.17, 15) is 5.11 Å². The van der Waals surface area contributed by atoms with Gasteiger partial charge >= 0.3 is 0 Å². The van der Waals surface area contributed by atoms with Gasteiger partial charge in [0.25, 0.3) is 0 Å². The third-order valence-corrected chi connectivity index (χ3v) is 6.01. The van der Waals surface area contributed by atoms with Gasteiger partial charge in [0, 0.05) is 6.61 Å². The average molecular weight is 275 g/mol. The van der Waals surface area contributed by atoms with Crippen molar-refractivity contribution in [1.29, 1.82) is 0 Å². The van der Waals surface area contributed by atoms with Crippen molar-refractivity contribution in [3.63, 3.8) is 0 Å². The zero-order valence-electron chi connectivity index (χ0n) is 13.0. The highest BCUT2D eigenvalue weighted by molar-refractivity contribution is 6.71. The zero-order chi connectivity index (χ0) is 13.9. The Balaban J connectivity index is 3.51. The third kappa shape index (κ3) is 11.2. The fraction of sp³-hybridized carbons (Fsp3) is 1.00. The number of unbranched alkanes of at least 4 members (excludes halogenated alkanes) is 4. The van der Waals surface area contributed by atoms with Gasteiger partial charge in [-0.3, -0.25) is 0 Å². The van der Waals surface area contributed by atoms with Crippen molar-refractivity contribution in [2.24, 2.45) is 0 Å². The lowest BCUT2D eigenvalue weighted by Crippen LogP contribution is -2.31.